The number of hydrogen-bond acceptors (Lipinski definition) is 5. The van der Waals surface area contributed by atoms with Crippen molar-refractivity contribution in [1.29, 1.82) is 0 Å². The molecule has 8 heteroatoms. The first-order valence-electron chi connectivity index (χ1n) is 10.4. The number of likely N-dealkylation sites (tertiary alicyclic amines) is 1. The molecule has 2 aliphatic heterocycles. The lowest BCUT2D eigenvalue weighted by atomic mass is 9.71. The van der Waals surface area contributed by atoms with Gasteiger partial charge in [0, 0.05) is 43.7 Å². The van der Waals surface area contributed by atoms with Crippen LogP contribution < -0.4 is 10.2 Å². The Morgan fingerprint density at radius 2 is 2.03 bits per heavy atom. The normalized spacial score (nSPS) is 24.7. The Bertz CT molecular complexity index is 992. The number of hydrogen-bond donors (Lipinski definition) is 1. The fraction of sp³-hybridized carbons (Fsp3) is 0.435. The lowest BCUT2D eigenvalue weighted by Gasteiger charge is -2.46. The van der Waals surface area contributed by atoms with Gasteiger partial charge < -0.3 is 19.9 Å². The SMILES string of the molecule is CNC(=O)[C@H]1CN(C(=O)Cc2cccs2)[C@]2(C)C(=O)N(CCOC)c3ccccc3[C@H]12. The van der Waals surface area contributed by atoms with Crippen LogP contribution in [0.1, 0.15) is 23.3 Å². The lowest BCUT2D eigenvalue weighted by molar-refractivity contribution is -0.143. The van der Waals surface area contributed by atoms with E-state index in [0.717, 1.165) is 16.1 Å². The van der Waals surface area contributed by atoms with Gasteiger partial charge in [0.05, 0.1) is 18.9 Å². The van der Waals surface area contributed by atoms with Crippen molar-refractivity contribution < 1.29 is 19.1 Å². The summed E-state index contributed by atoms with van der Waals surface area (Å²) in [5, 5.41) is 4.66. The molecular formula is C23H27N3O4S. The quantitative estimate of drug-likeness (QED) is 0.744. The van der Waals surface area contributed by atoms with Gasteiger partial charge in [0.2, 0.25) is 11.8 Å². The molecule has 1 N–H and O–H groups in total. The molecule has 1 saturated heterocycles. The van der Waals surface area contributed by atoms with Gasteiger partial charge in [-0.1, -0.05) is 24.3 Å². The highest BCUT2D eigenvalue weighted by molar-refractivity contribution is 7.10. The highest BCUT2D eigenvalue weighted by Crippen LogP contribution is 2.53. The van der Waals surface area contributed by atoms with E-state index in [1.165, 1.54) is 11.3 Å². The van der Waals surface area contributed by atoms with E-state index in [2.05, 4.69) is 5.32 Å². The van der Waals surface area contributed by atoms with Crippen LogP contribution in [0.5, 0.6) is 0 Å². The van der Waals surface area contributed by atoms with Crippen LogP contribution in [0, 0.1) is 5.92 Å². The van der Waals surface area contributed by atoms with Gasteiger partial charge in [0.15, 0.2) is 0 Å². The molecule has 1 fully saturated rings. The average Bonchev–Trinajstić information content (AvgIpc) is 3.39. The number of amides is 3. The monoisotopic (exact) mass is 441 g/mol. The van der Waals surface area contributed by atoms with Crippen molar-refractivity contribution in [2.75, 3.05) is 38.8 Å². The molecule has 31 heavy (non-hydrogen) atoms. The Hall–Kier alpha value is -2.71. The van der Waals surface area contributed by atoms with Crippen molar-refractivity contribution in [1.82, 2.24) is 10.2 Å². The molecule has 0 aliphatic carbocycles. The maximum absolute atomic E-state index is 13.9. The molecule has 7 nitrogen and oxygen atoms in total. The molecule has 3 amide bonds. The summed E-state index contributed by atoms with van der Waals surface area (Å²) in [5.41, 5.74) is 0.558. The number of carbonyl (C=O) groups excluding carboxylic acids is 3. The van der Waals surface area contributed by atoms with E-state index in [1.807, 2.05) is 48.7 Å². The number of thiophene rings is 1. The Balaban J connectivity index is 1.81. The second kappa shape index (κ2) is 8.43. The van der Waals surface area contributed by atoms with Crippen LogP contribution in [0.4, 0.5) is 5.69 Å². The van der Waals surface area contributed by atoms with Crippen molar-refractivity contribution in [3.8, 4) is 0 Å². The number of methoxy groups -OCH3 is 1. The molecule has 1 aromatic heterocycles. The number of para-hydroxylation sites is 1. The van der Waals surface area contributed by atoms with E-state index < -0.39 is 17.4 Å². The summed E-state index contributed by atoms with van der Waals surface area (Å²) in [6.45, 7) is 2.78. The summed E-state index contributed by atoms with van der Waals surface area (Å²) in [7, 11) is 3.19. The molecule has 0 spiro atoms. The van der Waals surface area contributed by atoms with Gasteiger partial charge in [0.25, 0.3) is 5.91 Å². The first kappa shape index (κ1) is 21.5. The Morgan fingerprint density at radius 3 is 2.71 bits per heavy atom. The minimum Gasteiger partial charge on any atom is -0.383 e. The molecule has 164 valence electrons. The lowest BCUT2D eigenvalue weighted by Crippen LogP contribution is -2.62. The number of fused-ring (bicyclic) bond motifs is 3. The fourth-order valence-electron chi connectivity index (χ4n) is 5.04. The third-order valence-electron chi connectivity index (χ3n) is 6.50. The molecule has 3 heterocycles. The molecular weight excluding hydrogens is 414 g/mol. The summed E-state index contributed by atoms with van der Waals surface area (Å²) in [6.07, 6.45) is 0.216. The zero-order chi connectivity index (χ0) is 22.2. The highest BCUT2D eigenvalue weighted by Gasteiger charge is 2.63. The zero-order valence-corrected chi connectivity index (χ0v) is 18.8. The average molecular weight is 442 g/mol. The van der Waals surface area contributed by atoms with Gasteiger partial charge in [-0.05, 0) is 30.0 Å². The van der Waals surface area contributed by atoms with Crippen molar-refractivity contribution in [3.63, 3.8) is 0 Å². The number of anilines is 1. The van der Waals surface area contributed by atoms with Crippen LogP contribution in [0.15, 0.2) is 41.8 Å². The molecule has 2 aromatic rings. The summed E-state index contributed by atoms with van der Waals surface area (Å²) in [5.74, 6) is -1.38. The van der Waals surface area contributed by atoms with Gasteiger partial charge in [-0.15, -0.1) is 11.3 Å². The van der Waals surface area contributed by atoms with Crippen molar-refractivity contribution in [2.24, 2.45) is 5.92 Å². The summed E-state index contributed by atoms with van der Waals surface area (Å²) in [6, 6.07) is 11.5. The number of benzene rings is 1. The highest BCUT2D eigenvalue weighted by atomic mass is 32.1. The van der Waals surface area contributed by atoms with Crippen molar-refractivity contribution in [2.45, 2.75) is 24.8 Å². The Morgan fingerprint density at radius 1 is 1.26 bits per heavy atom. The second-order valence-electron chi connectivity index (χ2n) is 8.11. The topological polar surface area (TPSA) is 79.0 Å². The third-order valence-corrected chi connectivity index (χ3v) is 7.37. The molecule has 2 aliphatic rings. The van der Waals surface area contributed by atoms with Crippen molar-refractivity contribution >= 4 is 34.7 Å². The summed E-state index contributed by atoms with van der Waals surface area (Å²) < 4.78 is 5.24. The van der Waals surface area contributed by atoms with Crippen molar-refractivity contribution in [3.05, 3.63) is 52.2 Å². The predicted octanol–water partition coefficient (Wildman–Crippen LogP) is 2.03. The third kappa shape index (κ3) is 3.43. The fourth-order valence-corrected chi connectivity index (χ4v) is 5.74. The zero-order valence-electron chi connectivity index (χ0n) is 18.0. The maximum atomic E-state index is 13.9. The minimum atomic E-state index is -1.15. The van der Waals surface area contributed by atoms with Crippen LogP contribution in [-0.2, 0) is 25.5 Å². The van der Waals surface area contributed by atoms with E-state index >= 15 is 0 Å². The number of ether oxygens (including phenoxy) is 1. The van der Waals surface area contributed by atoms with Gasteiger partial charge in [0.1, 0.15) is 5.54 Å². The Labute approximate surface area is 186 Å². The summed E-state index contributed by atoms with van der Waals surface area (Å²) >= 11 is 1.51. The van der Waals surface area contributed by atoms with Crippen LogP contribution >= 0.6 is 11.3 Å². The van der Waals surface area contributed by atoms with E-state index in [-0.39, 0.29) is 30.7 Å². The van der Waals surface area contributed by atoms with E-state index in [9.17, 15) is 14.4 Å². The van der Waals surface area contributed by atoms with Crippen LogP contribution in [0.25, 0.3) is 0 Å². The van der Waals surface area contributed by atoms with E-state index in [1.54, 1.807) is 24.0 Å². The Kier molecular flexibility index (Phi) is 5.85. The molecule has 0 unspecified atom stereocenters. The largest absolute Gasteiger partial charge is 0.383 e. The molecule has 3 atom stereocenters. The summed E-state index contributed by atoms with van der Waals surface area (Å²) in [4.78, 5) is 44.5. The molecule has 4 rings (SSSR count). The smallest absolute Gasteiger partial charge is 0.253 e. The van der Waals surface area contributed by atoms with Gasteiger partial charge in [-0.25, -0.2) is 0 Å². The van der Waals surface area contributed by atoms with Crippen LogP contribution in [0.2, 0.25) is 0 Å². The molecule has 1 aromatic carbocycles. The molecule has 0 bridgehead atoms. The predicted molar refractivity (Wildman–Crippen MR) is 119 cm³/mol. The number of nitrogens with zero attached hydrogens (tertiary/aromatic N) is 2. The van der Waals surface area contributed by atoms with Crippen LogP contribution in [-0.4, -0.2) is 62.0 Å². The molecule has 0 saturated carbocycles. The van der Waals surface area contributed by atoms with E-state index in [0.29, 0.717) is 13.2 Å². The molecule has 0 radical (unpaired) electrons. The van der Waals surface area contributed by atoms with Gasteiger partial charge in [-0.2, -0.15) is 0 Å². The van der Waals surface area contributed by atoms with Gasteiger partial charge >= 0.3 is 0 Å². The standard InChI is InChI=1S/C23H27N3O4S/c1-23-20(16-8-4-5-9-18(16)25(22(23)29)10-11-30-3)17(21(28)24-2)14-26(23)19(27)13-15-7-6-12-31-15/h4-9,12,17,20H,10-11,13-14H2,1-3H3,(H,24,28)/t17-,20+,23-/m0/s1. The minimum absolute atomic E-state index is 0.138. The number of carbonyl (C=O) groups is 3. The first-order valence-corrected chi connectivity index (χ1v) is 11.3. The number of rotatable bonds is 6. The first-order chi connectivity index (χ1) is 14.9. The van der Waals surface area contributed by atoms with E-state index in [4.69, 9.17) is 4.74 Å². The second-order valence-corrected chi connectivity index (χ2v) is 9.15. The number of nitrogens with one attached hydrogen (secondary N) is 1. The van der Waals surface area contributed by atoms with Gasteiger partial charge in [-0.3, -0.25) is 14.4 Å². The maximum Gasteiger partial charge on any atom is 0.253 e. The van der Waals surface area contributed by atoms with Crippen LogP contribution in [0.3, 0.4) is 0 Å².